The van der Waals surface area contributed by atoms with Crippen LogP contribution >= 0.6 is 0 Å². The monoisotopic (exact) mass is 309 g/mol. The summed E-state index contributed by atoms with van der Waals surface area (Å²) in [6.07, 6.45) is 1.93. The molecule has 3 heteroatoms. The Morgan fingerprint density at radius 2 is 1.62 bits per heavy atom. The van der Waals surface area contributed by atoms with E-state index in [-0.39, 0.29) is 0 Å². The normalized spacial score (nSPS) is 11.3. The molecule has 0 fully saturated rings. The summed E-state index contributed by atoms with van der Waals surface area (Å²) in [6.45, 7) is 0. The molecule has 0 radical (unpaired) electrons. The molecule has 3 nitrogen and oxygen atoms in total. The molecule has 0 aliphatic carbocycles. The molecule has 0 amide bonds. The molecule has 3 aromatic carbocycles. The number of aromatic nitrogens is 2. The van der Waals surface area contributed by atoms with Crippen molar-refractivity contribution in [1.29, 1.82) is 0 Å². The molecule has 0 bridgehead atoms. The number of nitrogens with zero attached hydrogens (tertiary/aromatic N) is 1. The third-order valence-electron chi connectivity index (χ3n) is 4.41. The number of H-pyrrole nitrogens is 1. The Hall–Kier alpha value is -3.33. The Balaban J connectivity index is 1.72. The van der Waals surface area contributed by atoms with Crippen LogP contribution in [-0.4, -0.2) is 9.97 Å². The van der Waals surface area contributed by atoms with Crippen LogP contribution in [0.15, 0.2) is 79.0 Å². The van der Waals surface area contributed by atoms with E-state index in [1.165, 1.54) is 10.8 Å². The highest BCUT2D eigenvalue weighted by Gasteiger charge is 2.08. The predicted octanol–water partition coefficient (Wildman–Crippen LogP) is 5.61. The van der Waals surface area contributed by atoms with E-state index in [1.54, 1.807) is 0 Å². The van der Waals surface area contributed by atoms with Crippen molar-refractivity contribution < 1.29 is 0 Å². The Labute approximate surface area is 139 Å². The molecular formula is C21H15N3. The van der Waals surface area contributed by atoms with Crippen molar-refractivity contribution in [3.63, 3.8) is 0 Å². The van der Waals surface area contributed by atoms with Crippen LogP contribution in [0, 0.1) is 0 Å². The van der Waals surface area contributed by atoms with Crippen molar-refractivity contribution in [1.82, 2.24) is 9.97 Å². The highest BCUT2D eigenvalue weighted by molar-refractivity contribution is 6.12. The summed E-state index contributed by atoms with van der Waals surface area (Å²) in [5, 5.41) is 8.24. The number of nitrogens with one attached hydrogen (secondary N) is 2. The molecular weight excluding hydrogens is 294 g/mol. The molecule has 2 heterocycles. The minimum Gasteiger partial charge on any atom is -0.341 e. The van der Waals surface area contributed by atoms with E-state index in [0.717, 1.165) is 33.3 Å². The van der Waals surface area contributed by atoms with E-state index in [4.69, 9.17) is 0 Å². The number of fused-ring (bicyclic) bond motifs is 4. The Morgan fingerprint density at radius 1 is 0.792 bits per heavy atom. The molecule has 114 valence electrons. The molecule has 0 aliphatic rings. The molecule has 5 rings (SSSR count). The van der Waals surface area contributed by atoms with Crippen LogP contribution in [0.2, 0.25) is 0 Å². The van der Waals surface area contributed by atoms with Gasteiger partial charge in [0.1, 0.15) is 5.82 Å². The lowest BCUT2D eigenvalue weighted by molar-refractivity contribution is 1.41. The Morgan fingerprint density at radius 3 is 2.54 bits per heavy atom. The second-order valence-corrected chi connectivity index (χ2v) is 5.94. The van der Waals surface area contributed by atoms with Crippen molar-refractivity contribution in [2.24, 2.45) is 0 Å². The average Bonchev–Trinajstić information content (AvgIpc) is 3.04. The molecule has 0 saturated heterocycles. The van der Waals surface area contributed by atoms with Crippen molar-refractivity contribution in [3.8, 4) is 0 Å². The number of pyridine rings is 1. The van der Waals surface area contributed by atoms with Gasteiger partial charge in [0.2, 0.25) is 0 Å². The second-order valence-electron chi connectivity index (χ2n) is 5.94. The third-order valence-corrected chi connectivity index (χ3v) is 4.41. The largest absolute Gasteiger partial charge is 0.341 e. The summed E-state index contributed by atoms with van der Waals surface area (Å²) in [4.78, 5) is 8.03. The minimum absolute atomic E-state index is 0.983. The quantitative estimate of drug-likeness (QED) is 0.416. The fraction of sp³-hybridized carbons (Fsp3) is 0. The summed E-state index contributed by atoms with van der Waals surface area (Å²) in [5.41, 5.74) is 3.18. The minimum atomic E-state index is 0.983. The van der Waals surface area contributed by atoms with Crippen molar-refractivity contribution >= 4 is 44.1 Å². The van der Waals surface area contributed by atoms with Gasteiger partial charge >= 0.3 is 0 Å². The second kappa shape index (κ2) is 5.10. The lowest BCUT2D eigenvalue weighted by atomic mass is 10.1. The summed E-state index contributed by atoms with van der Waals surface area (Å²) in [5.74, 6) is 0.983. The van der Waals surface area contributed by atoms with Gasteiger partial charge in [-0.05, 0) is 29.7 Å². The van der Waals surface area contributed by atoms with Crippen molar-refractivity contribution in [3.05, 3.63) is 79.0 Å². The van der Waals surface area contributed by atoms with Crippen LogP contribution in [-0.2, 0) is 0 Å². The van der Waals surface area contributed by atoms with Gasteiger partial charge in [0.05, 0.1) is 5.52 Å². The smallest absolute Gasteiger partial charge is 0.108 e. The first-order chi connectivity index (χ1) is 11.9. The molecule has 0 unspecified atom stereocenters. The standard InChI is InChI=1S/C21H15N3/c1-3-8-16-15(7-1)13-22-18-10-5-11-19(21(16)18)24-20-12-14-6-2-4-9-17(14)23-20/h1-13,23-24H. The van der Waals surface area contributed by atoms with E-state index in [0.29, 0.717) is 0 Å². The van der Waals surface area contributed by atoms with E-state index < -0.39 is 0 Å². The number of para-hydroxylation sites is 1. The average molecular weight is 309 g/mol. The van der Waals surface area contributed by atoms with Crippen molar-refractivity contribution in [2.75, 3.05) is 5.32 Å². The van der Waals surface area contributed by atoms with Crippen molar-refractivity contribution in [2.45, 2.75) is 0 Å². The zero-order chi connectivity index (χ0) is 15.9. The van der Waals surface area contributed by atoms with Gasteiger partial charge in [-0.15, -0.1) is 0 Å². The molecule has 5 aromatic rings. The zero-order valence-electron chi connectivity index (χ0n) is 13.0. The SMILES string of the molecule is c1ccc2[nH]c(Nc3cccc4ncc5ccccc5c34)cc2c1. The first-order valence-corrected chi connectivity index (χ1v) is 8.00. The predicted molar refractivity (Wildman–Crippen MR) is 101 cm³/mol. The Kier molecular flexibility index (Phi) is 2.79. The van der Waals surface area contributed by atoms with Gasteiger partial charge in [0, 0.05) is 33.6 Å². The number of hydrogen-bond acceptors (Lipinski definition) is 2. The van der Waals surface area contributed by atoms with Gasteiger partial charge in [-0.1, -0.05) is 48.5 Å². The maximum absolute atomic E-state index is 4.60. The molecule has 0 aliphatic heterocycles. The summed E-state index contributed by atoms with van der Waals surface area (Å²) >= 11 is 0. The van der Waals surface area contributed by atoms with Gasteiger partial charge in [-0.3, -0.25) is 4.98 Å². The first-order valence-electron chi connectivity index (χ1n) is 8.00. The highest BCUT2D eigenvalue weighted by Crippen LogP contribution is 2.32. The van der Waals surface area contributed by atoms with Crippen LogP contribution in [0.1, 0.15) is 0 Å². The maximum Gasteiger partial charge on any atom is 0.108 e. The third kappa shape index (κ3) is 2.02. The van der Waals surface area contributed by atoms with E-state index in [1.807, 2.05) is 24.4 Å². The topological polar surface area (TPSA) is 40.7 Å². The number of hydrogen-bond donors (Lipinski definition) is 2. The van der Waals surface area contributed by atoms with Crippen LogP contribution in [0.25, 0.3) is 32.6 Å². The van der Waals surface area contributed by atoms with Crippen LogP contribution < -0.4 is 5.32 Å². The van der Waals surface area contributed by atoms with E-state index >= 15 is 0 Å². The molecule has 0 atom stereocenters. The van der Waals surface area contributed by atoms with Gasteiger partial charge < -0.3 is 10.3 Å². The summed E-state index contributed by atoms with van der Waals surface area (Å²) < 4.78 is 0. The molecule has 0 saturated carbocycles. The molecule has 0 spiro atoms. The van der Waals surface area contributed by atoms with Crippen LogP contribution in [0.3, 0.4) is 0 Å². The maximum atomic E-state index is 4.60. The summed E-state index contributed by atoms with van der Waals surface area (Å²) in [6, 6.07) is 25.0. The number of benzene rings is 3. The van der Waals surface area contributed by atoms with Crippen LogP contribution in [0.4, 0.5) is 11.5 Å². The van der Waals surface area contributed by atoms with E-state index in [9.17, 15) is 0 Å². The van der Waals surface area contributed by atoms with Gasteiger partial charge in [-0.25, -0.2) is 0 Å². The van der Waals surface area contributed by atoms with Gasteiger partial charge in [0.25, 0.3) is 0 Å². The lowest BCUT2D eigenvalue weighted by Crippen LogP contribution is -1.93. The molecule has 24 heavy (non-hydrogen) atoms. The summed E-state index contributed by atoms with van der Waals surface area (Å²) in [7, 11) is 0. The van der Waals surface area contributed by atoms with Gasteiger partial charge in [0.15, 0.2) is 0 Å². The number of aromatic amines is 1. The number of anilines is 2. The van der Waals surface area contributed by atoms with Gasteiger partial charge in [-0.2, -0.15) is 0 Å². The molecule has 2 N–H and O–H groups in total. The first kappa shape index (κ1) is 13.1. The molecule has 2 aromatic heterocycles. The fourth-order valence-electron chi connectivity index (χ4n) is 3.30. The fourth-order valence-corrected chi connectivity index (χ4v) is 3.30. The highest BCUT2D eigenvalue weighted by atomic mass is 15.0. The van der Waals surface area contributed by atoms with Crippen LogP contribution in [0.5, 0.6) is 0 Å². The van der Waals surface area contributed by atoms with E-state index in [2.05, 4.69) is 69.9 Å². The lowest BCUT2D eigenvalue weighted by Gasteiger charge is -2.10. The zero-order valence-corrected chi connectivity index (χ0v) is 13.0. The Bertz CT molecular complexity index is 1150. The number of rotatable bonds is 2.